The fourth-order valence-corrected chi connectivity index (χ4v) is 2.64. The summed E-state index contributed by atoms with van der Waals surface area (Å²) in [6.45, 7) is 8.72. The second-order valence-electron chi connectivity index (χ2n) is 4.75. The van der Waals surface area contributed by atoms with Gasteiger partial charge in [0.05, 0.1) is 15.9 Å². The predicted molar refractivity (Wildman–Crippen MR) is 79.7 cm³/mol. The van der Waals surface area contributed by atoms with E-state index in [-0.39, 0.29) is 4.75 Å². The quantitative estimate of drug-likeness (QED) is 0.914. The van der Waals surface area contributed by atoms with Crippen molar-refractivity contribution >= 4 is 33.5 Å². The van der Waals surface area contributed by atoms with Gasteiger partial charge in [0.1, 0.15) is 11.6 Å². The van der Waals surface area contributed by atoms with Crippen molar-refractivity contribution in [3.63, 3.8) is 0 Å². The maximum Gasteiger partial charge on any atom is 0.144 e. The van der Waals surface area contributed by atoms with Crippen molar-refractivity contribution in [3.8, 4) is 0 Å². The van der Waals surface area contributed by atoms with Crippen LogP contribution >= 0.6 is 27.7 Å². The molecular formula is C12H20BrN3S. The van der Waals surface area contributed by atoms with Crippen molar-refractivity contribution in [2.45, 2.75) is 44.6 Å². The van der Waals surface area contributed by atoms with Crippen LogP contribution in [0.2, 0.25) is 0 Å². The van der Waals surface area contributed by atoms with Crippen LogP contribution in [0.1, 0.15) is 39.2 Å². The normalized spacial score (nSPS) is 11.6. The molecule has 1 aromatic heterocycles. The van der Waals surface area contributed by atoms with Crippen LogP contribution in [0, 0.1) is 0 Å². The number of aromatic nitrogens is 2. The summed E-state index contributed by atoms with van der Waals surface area (Å²) in [7, 11) is 1.88. The number of nitrogens with zero attached hydrogens (tertiary/aromatic N) is 2. The molecule has 1 N–H and O–H groups in total. The molecule has 0 saturated carbocycles. The van der Waals surface area contributed by atoms with Crippen molar-refractivity contribution < 1.29 is 0 Å². The Morgan fingerprint density at radius 2 is 1.94 bits per heavy atom. The van der Waals surface area contributed by atoms with Crippen LogP contribution in [0.25, 0.3) is 0 Å². The molecule has 1 aromatic rings. The zero-order valence-corrected chi connectivity index (χ0v) is 13.5. The molecule has 0 spiro atoms. The standard InChI is InChI=1S/C12H20BrN3S/c1-6-8-10(13)11(14-5)16-9(15-8)7-17-12(2,3)4/h6-7H2,1-5H3,(H,14,15,16). The highest BCUT2D eigenvalue weighted by Gasteiger charge is 2.14. The van der Waals surface area contributed by atoms with Gasteiger partial charge in [-0.25, -0.2) is 9.97 Å². The van der Waals surface area contributed by atoms with E-state index in [9.17, 15) is 0 Å². The molecule has 0 aliphatic heterocycles. The molecule has 0 fully saturated rings. The molecule has 0 amide bonds. The average molecular weight is 318 g/mol. The van der Waals surface area contributed by atoms with Crippen LogP contribution < -0.4 is 5.32 Å². The maximum atomic E-state index is 4.58. The van der Waals surface area contributed by atoms with Crippen LogP contribution in [0.4, 0.5) is 5.82 Å². The van der Waals surface area contributed by atoms with E-state index in [2.05, 4.69) is 58.9 Å². The zero-order chi connectivity index (χ0) is 13.1. The van der Waals surface area contributed by atoms with E-state index in [0.29, 0.717) is 0 Å². The summed E-state index contributed by atoms with van der Waals surface area (Å²) in [5, 5.41) is 3.10. The van der Waals surface area contributed by atoms with E-state index in [4.69, 9.17) is 0 Å². The lowest BCUT2D eigenvalue weighted by atomic mass is 10.3. The number of hydrogen-bond acceptors (Lipinski definition) is 4. The minimum Gasteiger partial charge on any atom is -0.372 e. The topological polar surface area (TPSA) is 37.8 Å². The third-order valence-electron chi connectivity index (χ3n) is 2.17. The first-order chi connectivity index (χ1) is 7.87. The molecule has 17 heavy (non-hydrogen) atoms. The molecule has 0 radical (unpaired) electrons. The van der Waals surface area contributed by atoms with Crippen molar-refractivity contribution in [1.82, 2.24) is 9.97 Å². The van der Waals surface area contributed by atoms with Crippen molar-refractivity contribution in [1.29, 1.82) is 0 Å². The Balaban J connectivity index is 2.93. The molecule has 96 valence electrons. The molecule has 0 atom stereocenters. The van der Waals surface area contributed by atoms with Crippen LogP contribution in [0.5, 0.6) is 0 Å². The first-order valence-electron chi connectivity index (χ1n) is 5.74. The van der Waals surface area contributed by atoms with E-state index in [1.165, 1.54) is 0 Å². The average Bonchev–Trinajstić information content (AvgIpc) is 2.26. The Morgan fingerprint density at radius 3 is 2.41 bits per heavy atom. The second-order valence-corrected chi connectivity index (χ2v) is 7.35. The Labute approximate surface area is 116 Å². The summed E-state index contributed by atoms with van der Waals surface area (Å²) >= 11 is 5.39. The van der Waals surface area contributed by atoms with Crippen LogP contribution in [0.15, 0.2) is 4.47 Å². The lowest BCUT2D eigenvalue weighted by Crippen LogP contribution is -2.10. The minimum absolute atomic E-state index is 0.239. The third kappa shape index (κ3) is 4.47. The number of halogens is 1. The molecule has 0 saturated heterocycles. The molecule has 0 bridgehead atoms. The van der Waals surface area contributed by atoms with Gasteiger partial charge in [-0.05, 0) is 22.4 Å². The fraction of sp³-hybridized carbons (Fsp3) is 0.667. The van der Waals surface area contributed by atoms with Gasteiger partial charge in [0.25, 0.3) is 0 Å². The molecule has 0 aliphatic carbocycles. The summed E-state index contributed by atoms with van der Waals surface area (Å²) in [6, 6.07) is 0. The number of thioether (sulfide) groups is 1. The van der Waals surface area contributed by atoms with Gasteiger partial charge in [0.2, 0.25) is 0 Å². The molecule has 5 heteroatoms. The smallest absolute Gasteiger partial charge is 0.144 e. The van der Waals surface area contributed by atoms with Gasteiger partial charge in [-0.15, -0.1) is 11.8 Å². The van der Waals surface area contributed by atoms with Gasteiger partial charge in [-0.1, -0.05) is 27.7 Å². The van der Waals surface area contributed by atoms with Gasteiger partial charge in [0, 0.05) is 11.8 Å². The molecule has 1 rings (SSSR count). The summed E-state index contributed by atoms with van der Waals surface area (Å²) in [4.78, 5) is 9.10. The number of nitrogens with one attached hydrogen (secondary N) is 1. The Bertz CT molecular complexity index is 363. The van der Waals surface area contributed by atoms with Gasteiger partial charge in [-0.3, -0.25) is 0 Å². The van der Waals surface area contributed by atoms with E-state index in [0.717, 1.165) is 34.0 Å². The van der Waals surface area contributed by atoms with Crippen LogP contribution in [0.3, 0.4) is 0 Å². The highest BCUT2D eigenvalue weighted by atomic mass is 79.9. The molecule has 1 heterocycles. The number of aryl methyl sites for hydroxylation is 1. The van der Waals surface area contributed by atoms with E-state index < -0.39 is 0 Å². The van der Waals surface area contributed by atoms with E-state index in [1.807, 2.05) is 18.8 Å². The molecule has 0 aromatic carbocycles. The Morgan fingerprint density at radius 1 is 1.29 bits per heavy atom. The summed E-state index contributed by atoms with van der Waals surface area (Å²) in [5.41, 5.74) is 1.06. The number of rotatable bonds is 4. The zero-order valence-electron chi connectivity index (χ0n) is 11.1. The van der Waals surface area contributed by atoms with Crippen LogP contribution in [-0.2, 0) is 12.2 Å². The van der Waals surface area contributed by atoms with Crippen molar-refractivity contribution in [2.24, 2.45) is 0 Å². The van der Waals surface area contributed by atoms with E-state index in [1.54, 1.807) is 0 Å². The molecule has 0 aliphatic rings. The Hall–Kier alpha value is -0.290. The predicted octanol–water partition coefficient (Wildman–Crippen LogP) is 3.87. The maximum absolute atomic E-state index is 4.58. The lowest BCUT2D eigenvalue weighted by molar-refractivity contribution is 0.799. The van der Waals surface area contributed by atoms with Crippen molar-refractivity contribution in [2.75, 3.05) is 12.4 Å². The van der Waals surface area contributed by atoms with Gasteiger partial charge >= 0.3 is 0 Å². The molecular weight excluding hydrogens is 298 g/mol. The second kappa shape index (κ2) is 6.05. The monoisotopic (exact) mass is 317 g/mol. The SMILES string of the molecule is CCc1nc(CSC(C)(C)C)nc(NC)c1Br. The summed E-state index contributed by atoms with van der Waals surface area (Å²) in [5.74, 6) is 2.62. The van der Waals surface area contributed by atoms with E-state index >= 15 is 0 Å². The summed E-state index contributed by atoms with van der Waals surface area (Å²) in [6.07, 6.45) is 0.908. The molecule has 3 nitrogen and oxygen atoms in total. The highest BCUT2D eigenvalue weighted by molar-refractivity contribution is 9.10. The Kier molecular flexibility index (Phi) is 5.25. The highest BCUT2D eigenvalue weighted by Crippen LogP contribution is 2.29. The first kappa shape index (κ1) is 14.8. The number of hydrogen-bond donors (Lipinski definition) is 1. The first-order valence-corrected chi connectivity index (χ1v) is 7.52. The van der Waals surface area contributed by atoms with Gasteiger partial charge in [0.15, 0.2) is 0 Å². The number of anilines is 1. The molecule has 0 unspecified atom stereocenters. The minimum atomic E-state index is 0.239. The lowest BCUT2D eigenvalue weighted by Gasteiger charge is -2.17. The fourth-order valence-electron chi connectivity index (χ4n) is 1.29. The van der Waals surface area contributed by atoms with Crippen molar-refractivity contribution in [3.05, 3.63) is 16.0 Å². The largest absolute Gasteiger partial charge is 0.372 e. The van der Waals surface area contributed by atoms with Gasteiger partial charge < -0.3 is 5.32 Å². The van der Waals surface area contributed by atoms with Crippen LogP contribution in [-0.4, -0.2) is 21.8 Å². The third-order valence-corrected chi connectivity index (χ3v) is 4.27. The van der Waals surface area contributed by atoms with Gasteiger partial charge in [-0.2, -0.15) is 0 Å². The summed E-state index contributed by atoms with van der Waals surface area (Å²) < 4.78 is 1.22.